The molecule has 1 unspecified atom stereocenters. The Balaban J connectivity index is 2.03. The lowest BCUT2D eigenvalue weighted by Crippen LogP contribution is -2.52. The quantitative estimate of drug-likeness (QED) is 0.533. The van der Waals surface area contributed by atoms with Crippen molar-refractivity contribution in [1.82, 2.24) is 19.5 Å². The van der Waals surface area contributed by atoms with Crippen LogP contribution >= 0.6 is 0 Å². The Kier molecular flexibility index (Phi) is 3.49. The fraction of sp³-hybridized carbons (Fsp3) is 0.583. The first-order valence-corrected chi connectivity index (χ1v) is 6.60. The number of aliphatic hydroxyl groups is 3. The van der Waals surface area contributed by atoms with Gasteiger partial charge in [0.2, 0.25) is 0 Å². The second-order valence-corrected chi connectivity index (χ2v) is 5.17. The number of aromatic nitrogens is 4. The maximum atomic E-state index is 10.1. The Morgan fingerprint density at radius 1 is 1.29 bits per heavy atom. The van der Waals surface area contributed by atoms with Gasteiger partial charge in [-0.2, -0.15) is 0 Å². The van der Waals surface area contributed by atoms with Crippen molar-refractivity contribution in [3.8, 4) is 0 Å². The molecule has 2 aromatic heterocycles. The van der Waals surface area contributed by atoms with E-state index in [1.807, 2.05) is 0 Å². The highest BCUT2D eigenvalue weighted by Crippen LogP contribution is 2.34. The zero-order valence-electron chi connectivity index (χ0n) is 11.4. The van der Waals surface area contributed by atoms with Gasteiger partial charge >= 0.3 is 0 Å². The summed E-state index contributed by atoms with van der Waals surface area (Å²) in [6.07, 6.45) is -0.862. The molecule has 0 spiro atoms. The van der Waals surface area contributed by atoms with Crippen molar-refractivity contribution in [2.24, 2.45) is 5.92 Å². The van der Waals surface area contributed by atoms with Gasteiger partial charge in [0.25, 0.3) is 0 Å². The average Bonchev–Trinajstić information content (AvgIpc) is 2.91. The molecule has 2 aromatic rings. The monoisotopic (exact) mass is 295 g/mol. The molecule has 3 rings (SSSR count). The zero-order valence-corrected chi connectivity index (χ0v) is 11.4. The Bertz CT molecular complexity index is 646. The molecule has 1 aliphatic heterocycles. The Morgan fingerprint density at radius 2 is 2.05 bits per heavy atom. The molecule has 1 fully saturated rings. The molecule has 9 heteroatoms. The molecular formula is C12H17N5O4. The minimum absolute atomic E-state index is 0.251. The van der Waals surface area contributed by atoms with Gasteiger partial charge in [0, 0.05) is 5.92 Å². The number of rotatable bonds is 2. The molecule has 1 saturated heterocycles. The minimum Gasteiger partial charge on any atom is -0.394 e. The van der Waals surface area contributed by atoms with Crippen LogP contribution in [0.5, 0.6) is 0 Å². The van der Waals surface area contributed by atoms with Crippen LogP contribution in [0.2, 0.25) is 0 Å². The second-order valence-electron chi connectivity index (χ2n) is 5.17. The van der Waals surface area contributed by atoms with E-state index < -0.39 is 37.1 Å². The van der Waals surface area contributed by atoms with Crippen LogP contribution in [0.3, 0.4) is 0 Å². The molecule has 0 aliphatic carbocycles. The van der Waals surface area contributed by atoms with E-state index in [-0.39, 0.29) is 5.82 Å². The van der Waals surface area contributed by atoms with E-state index >= 15 is 0 Å². The van der Waals surface area contributed by atoms with Crippen molar-refractivity contribution in [2.45, 2.75) is 31.5 Å². The molecule has 0 bridgehead atoms. The molecule has 0 amide bonds. The minimum atomic E-state index is -1.14. The number of fused-ring (bicyclic) bond motifs is 1. The number of nitrogens with two attached hydrogens (primary N) is 1. The third-order valence-electron chi connectivity index (χ3n) is 3.87. The lowest BCUT2D eigenvalue weighted by molar-refractivity contribution is -0.227. The van der Waals surface area contributed by atoms with Gasteiger partial charge in [0.1, 0.15) is 30.3 Å². The highest BCUT2D eigenvalue weighted by atomic mass is 16.5. The summed E-state index contributed by atoms with van der Waals surface area (Å²) in [7, 11) is 0. The maximum absolute atomic E-state index is 10.1. The van der Waals surface area contributed by atoms with Crippen LogP contribution in [-0.2, 0) is 4.74 Å². The topological polar surface area (TPSA) is 140 Å². The van der Waals surface area contributed by atoms with Crippen molar-refractivity contribution in [1.29, 1.82) is 0 Å². The molecule has 5 N–H and O–H groups in total. The fourth-order valence-corrected chi connectivity index (χ4v) is 2.61. The first-order valence-electron chi connectivity index (χ1n) is 6.60. The molecule has 0 aromatic carbocycles. The Labute approximate surface area is 120 Å². The summed E-state index contributed by atoms with van der Waals surface area (Å²) < 4.78 is 7.31. The highest BCUT2D eigenvalue weighted by Gasteiger charge is 2.43. The standard InChI is InChI=1S/C12H17N5O4/c1-5-8(19)9(20)6(2-18)21-12(5)17-4-16-7-10(13)14-3-15-11(7)17/h3-6,8-9,12,18-20H,2H2,1H3,(H2,13,14,15)/t5?,6-,8-,9+,12-/m1/s1. The number of imidazole rings is 1. The van der Waals surface area contributed by atoms with Crippen LogP contribution in [0, 0.1) is 5.92 Å². The molecule has 0 radical (unpaired) electrons. The summed E-state index contributed by atoms with van der Waals surface area (Å²) in [4.78, 5) is 12.1. The van der Waals surface area contributed by atoms with Crippen LogP contribution in [0.4, 0.5) is 5.82 Å². The van der Waals surface area contributed by atoms with Gasteiger partial charge in [-0.05, 0) is 0 Å². The number of nitrogens with zero attached hydrogens (tertiary/aromatic N) is 4. The van der Waals surface area contributed by atoms with Gasteiger partial charge in [0.15, 0.2) is 11.5 Å². The van der Waals surface area contributed by atoms with Crippen molar-refractivity contribution in [2.75, 3.05) is 12.3 Å². The highest BCUT2D eigenvalue weighted by molar-refractivity contribution is 5.81. The van der Waals surface area contributed by atoms with E-state index in [1.165, 1.54) is 12.7 Å². The summed E-state index contributed by atoms with van der Waals surface area (Å²) >= 11 is 0. The molecule has 5 atom stereocenters. The number of ether oxygens (including phenoxy) is 1. The van der Waals surface area contributed by atoms with Crippen LogP contribution in [0.15, 0.2) is 12.7 Å². The third-order valence-corrected chi connectivity index (χ3v) is 3.87. The van der Waals surface area contributed by atoms with Gasteiger partial charge in [-0.3, -0.25) is 4.57 Å². The third kappa shape index (κ3) is 2.14. The van der Waals surface area contributed by atoms with Crippen molar-refractivity contribution in [3.05, 3.63) is 12.7 Å². The van der Waals surface area contributed by atoms with E-state index in [4.69, 9.17) is 10.5 Å². The lowest BCUT2D eigenvalue weighted by atomic mass is 9.91. The molecule has 3 heterocycles. The molecule has 21 heavy (non-hydrogen) atoms. The van der Waals surface area contributed by atoms with Gasteiger partial charge < -0.3 is 25.8 Å². The van der Waals surface area contributed by atoms with Gasteiger partial charge in [-0.15, -0.1) is 0 Å². The summed E-state index contributed by atoms with van der Waals surface area (Å²) in [6, 6.07) is 0. The number of anilines is 1. The first kappa shape index (κ1) is 14.1. The van der Waals surface area contributed by atoms with E-state index in [0.29, 0.717) is 11.2 Å². The summed E-state index contributed by atoms with van der Waals surface area (Å²) in [6.45, 7) is 1.34. The second kappa shape index (κ2) is 5.19. The van der Waals surface area contributed by atoms with Crippen molar-refractivity contribution >= 4 is 17.0 Å². The summed E-state index contributed by atoms with van der Waals surface area (Å²) in [5.41, 5.74) is 6.65. The molecule has 114 valence electrons. The molecular weight excluding hydrogens is 278 g/mol. The number of aliphatic hydroxyl groups excluding tert-OH is 3. The van der Waals surface area contributed by atoms with Gasteiger partial charge in [0.05, 0.1) is 19.0 Å². The predicted molar refractivity (Wildman–Crippen MR) is 71.9 cm³/mol. The van der Waals surface area contributed by atoms with Crippen LogP contribution in [0.1, 0.15) is 13.2 Å². The SMILES string of the molecule is CC1[C@@H](O)[C@@H](O)[C@@H](CO)O[C@H]1n1cnc2c(N)ncnc21. The molecule has 9 nitrogen and oxygen atoms in total. The van der Waals surface area contributed by atoms with Gasteiger partial charge in [-0.25, -0.2) is 15.0 Å². The number of hydrogen-bond donors (Lipinski definition) is 4. The first-order chi connectivity index (χ1) is 10.0. The van der Waals surface area contributed by atoms with Crippen LogP contribution in [0.25, 0.3) is 11.2 Å². The normalized spacial score (nSPS) is 33.4. The average molecular weight is 295 g/mol. The van der Waals surface area contributed by atoms with Crippen molar-refractivity contribution < 1.29 is 20.1 Å². The molecule has 0 saturated carbocycles. The van der Waals surface area contributed by atoms with Crippen molar-refractivity contribution in [3.63, 3.8) is 0 Å². The Morgan fingerprint density at radius 3 is 2.76 bits per heavy atom. The summed E-state index contributed by atoms with van der Waals surface area (Å²) in [5, 5.41) is 29.3. The predicted octanol–water partition coefficient (Wildman–Crippen LogP) is -1.34. The number of nitrogen functional groups attached to an aromatic ring is 1. The zero-order chi connectivity index (χ0) is 15.1. The fourth-order valence-electron chi connectivity index (χ4n) is 2.61. The molecule has 1 aliphatic rings. The van der Waals surface area contributed by atoms with E-state index in [0.717, 1.165) is 0 Å². The van der Waals surface area contributed by atoms with Gasteiger partial charge in [-0.1, -0.05) is 6.92 Å². The largest absolute Gasteiger partial charge is 0.394 e. The maximum Gasteiger partial charge on any atom is 0.167 e. The summed E-state index contributed by atoms with van der Waals surface area (Å²) in [5.74, 6) is -0.169. The van der Waals surface area contributed by atoms with E-state index in [9.17, 15) is 15.3 Å². The smallest absolute Gasteiger partial charge is 0.167 e. The lowest BCUT2D eigenvalue weighted by Gasteiger charge is -2.41. The Hall–Kier alpha value is -1.81. The number of hydrogen-bond acceptors (Lipinski definition) is 8. The van der Waals surface area contributed by atoms with Crippen LogP contribution < -0.4 is 5.73 Å². The van der Waals surface area contributed by atoms with Crippen LogP contribution in [-0.4, -0.2) is 59.8 Å². The van der Waals surface area contributed by atoms with E-state index in [1.54, 1.807) is 11.5 Å². The van der Waals surface area contributed by atoms with E-state index in [2.05, 4.69) is 15.0 Å².